The van der Waals surface area contributed by atoms with E-state index in [-0.39, 0.29) is 12.5 Å². The van der Waals surface area contributed by atoms with E-state index in [0.717, 1.165) is 32.4 Å². The normalized spacial score (nSPS) is 16.6. The summed E-state index contributed by atoms with van der Waals surface area (Å²) in [5.41, 5.74) is 2.50. The van der Waals surface area contributed by atoms with Crippen LogP contribution in [0.4, 0.5) is 0 Å². The molecule has 0 atom stereocenters. The van der Waals surface area contributed by atoms with Crippen molar-refractivity contribution in [2.75, 3.05) is 32.8 Å². The van der Waals surface area contributed by atoms with Crippen LogP contribution in [-0.4, -0.2) is 53.3 Å². The van der Waals surface area contributed by atoms with Crippen LogP contribution in [0.25, 0.3) is 10.9 Å². The second-order valence-corrected chi connectivity index (χ2v) is 6.78. The fraction of sp³-hybridized carbons (Fsp3) is 0.526. The Morgan fingerprint density at radius 3 is 2.79 bits per heavy atom. The van der Waals surface area contributed by atoms with Crippen LogP contribution in [0.5, 0.6) is 0 Å². The number of aromatic nitrogens is 1. The van der Waals surface area contributed by atoms with E-state index in [2.05, 4.69) is 46.2 Å². The molecule has 0 spiro atoms. The number of piperidine rings is 1. The molecule has 1 amide bonds. The summed E-state index contributed by atoms with van der Waals surface area (Å²) in [4.78, 5) is 14.3. The molecule has 1 aromatic carbocycles. The number of hydrogen-bond acceptors (Lipinski definition) is 3. The number of benzene rings is 1. The van der Waals surface area contributed by atoms with Gasteiger partial charge < -0.3 is 15.0 Å². The maximum atomic E-state index is 12.1. The van der Waals surface area contributed by atoms with Gasteiger partial charge in [0.05, 0.1) is 6.54 Å². The Kier molecular flexibility index (Phi) is 5.53. The number of likely N-dealkylation sites (tertiary alicyclic amines) is 1. The number of aliphatic hydroxyl groups excluding tert-OH is 1. The summed E-state index contributed by atoms with van der Waals surface area (Å²) < 4.78 is 2.14. The zero-order chi connectivity index (χ0) is 16.9. The molecule has 0 bridgehead atoms. The number of rotatable bonds is 6. The fourth-order valence-electron chi connectivity index (χ4n) is 3.55. The van der Waals surface area contributed by atoms with Gasteiger partial charge in [0.1, 0.15) is 0 Å². The number of nitrogens with zero attached hydrogens (tertiary/aromatic N) is 2. The minimum Gasteiger partial charge on any atom is -0.396 e. The topological polar surface area (TPSA) is 57.5 Å². The van der Waals surface area contributed by atoms with Gasteiger partial charge in [-0.3, -0.25) is 9.69 Å². The molecule has 0 aliphatic carbocycles. The van der Waals surface area contributed by atoms with E-state index >= 15 is 0 Å². The molecule has 2 aromatic rings. The minimum absolute atomic E-state index is 0.0951. The minimum atomic E-state index is 0.0951. The Labute approximate surface area is 143 Å². The number of fused-ring (bicyclic) bond motifs is 1. The Bertz CT molecular complexity index is 687. The van der Waals surface area contributed by atoms with Gasteiger partial charge in [0.15, 0.2) is 0 Å². The largest absolute Gasteiger partial charge is 0.396 e. The third kappa shape index (κ3) is 3.97. The predicted octanol–water partition coefficient (Wildman–Crippen LogP) is 1.54. The van der Waals surface area contributed by atoms with Gasteiger partial charge in [-0.05, 0) is 49.9 Å². The van der Waals surface area contributed by atoms with Gasteiger partial charge in [0, 0.05) is 37.3 Å². The molecule has 1 aromatic heterocycles. The van der Waals surface area contributed by atoms with E-state index in [1.807, 2.05) is 6.07 Å². The first-order valence-corrected chi connectivity index (χ1v) is 8.80. The van der Waals surface area contributed by atoms with Crippen molar-refractivity contribution < 1.29 is 9.90 Å². The summed E-state index contributed by atoms with van der Waals surface area (Å²) in [5.74, 6) is 0.508. The molecule has 0 unspecified atom stereocenters. The molecular weight excluding hydrogens is 302 g/mol. The lowest BCUT2D eigenvalue weighted by Crippen LogP contribution is -2.42. The first kappa shape index (κ1) is 17.0. The maximum absolute atomic E-state index is 12.1. The number of carbonyl (C=O) groups excluding carboxylic acids is 1. The Hall–Kier alpha value is -1.85. The van der Waals surface area contributed by atoms with Crippen LogP contribution in [-0.2, 0) is 18.3 Å². The van der Waals surface area contributed by atoms with Gasteiger partial charge in [-0.1, -0.05) is 18.2 Å². The van der Waals surface area contributed by atoms with E-state index < -0.39 is 0 Å². The van der Waals surface area contributed by atoms with Gasteiger partial charge in [0.2, 0.25) is 5.91 Å². The Morgan fingerprint density at radius 2 is 2.04 bits per heavy atom. The summed E-state index contributed by atoms with van der Waals surface area (Å²) in [6, 6.07) is 8.36. The van der Waals surface area contributed by atoms with Crippen molar-refractivity contribution in [3.8, 4) is 0 Å². The highest BCUT2D eigenvalue weighted by Crippen LogP contribution is 2.20. The maximum Gasteiger partial charge on any atom is 0.234 e. The van der Waals surface area contributed by atoms with Gasteiger partial charge in [-0.15, -0.1) is 0 Å². The molecule has 1 aliphatic heterocycles. The zero-order valence-electron chi connectivity index (χ0n) is 14.4. The molecule has 5 heteroatoms. The standard InChI is InChI=1S/C19H27N3O2/c1-21-12-16(17-4-2-3-5-18(17)21)6-9-20-19(24)13-22-10-7-15(14-23)8-11-22/h2-5,12,15,23H,6-11,13-14H2,1H3,(H,20,24). The van der Waals surface area contributed by atoms with Crippen LogP contribution < -0.4 is 5.32 Å². The van der Waals surface area contributed by atoms with Crippen LogP contribution in [0, 0.1) is 5.92 Å². The van der Waals surface area contributed by atoms with Crippen LogP contribution in [0.1, 0.15) is 18.4 Å². The van der Waals surface area contributed by atoms with Crippen LogP contribution in [0.15, 0.2) is 30.5 Å². The summed E-state index contributed by atoms with van der Waals surface area (Å²) in [6.45, 7) is 3.21. The van der Waals surface area contributed by atoms with Crippen molar-refractivity contribution in [1.29, 1.82) is 0 Å². The van der Waals surface area contributed by atoms with Crippen molar-refractivity contribution in [1.82, 2.24) is 14.8 Å². The van der Waals surface area contributed by atoms with Crippen molar-refractivity contribution in [3.63, 3.8) is 0 Å². The Morgan fingerprint density at radius 1 is 1.29 bits per heavy atom. The predicted molar refractivity (Wildman–Crippen MR) is 95.9 cm³/mol. The molecule has 24 heavy (non-hydrogen) atoms. The number of hydrogen-bond donors (Lipinski definition) is 2. The number of para-hydroxylation sites is 1. The molecule has 130 valence electrons. The first-order chi connectivity index (χ1) is 11.7. The van der Waals surface area contributed by atoms with Crippen LogP contribution in [0.3, 0.4) is 0 Å². The lowest BCUT2D eigenvalue weighted by Gasteiger charge is -2.30. The average Bonchev–Trinajstić information content (AvgIpc) is 2.92. The molecule has 3 rings (SSSR count). The second kappa shape index (κ2) is 7.81. The average molecular weight is 329 g/mol. The quantitative estimate of drug-likeness (QED) is 0.845. The highest BCUT2D eigenvalue weighted by molar-refractivity contribution is 5.84. The van der Waals surface area contributed by atoms with Crippen molar-refractivity contribution in [2.24, 2.45) is 13.0 Å². The summed E-state index contributed by atoms with van der Waals surface area (Å²) in [7, 11) is 2.06. The SMILES string of the molecule is Cn1cc(CCNC(=O)CN2CCC(CO)CC2)c2ccccc21. The highest BCUT2D eigenvalue weighted by Gasteiger charge is 2.20. The van der Waals surface area contributed by atoms with E-state index in [1.54, 1.807) is 0 Å². The fourth-order valence-corrected chi connectivity index (χ4v) is 3.55. The number of nitrogens with one attached hydrogen (secondary N) is 1. The van der Waals surface area contributed by atoms with E-state index in [0.29, 0.717) is 19.0 Å². The van der Waals surface area contributed by atoms with Crippen molar-refractivity contribution in [2.45, 2.75) is 19.3 Å². The van der Waals surface area contributed by atoms with E-state index in [4.69, 9.17) is 5.11 Å². The van der Waals surface area contributed by atoms with Gasteiger partial charge in [-0.2, -0.15) is 0 Å². The number of aliphatic hydroxyl groups is 1. The highest BCUT2D eigenvalue weighted by atomic mass is 16.3. The molecule has 1 fully saturated rings. The van der Waals surface area contributed by atoms with E-state index in [1.165, 1.54) is 16.5 Å². The molecule has 0 radical (unpaired) electrons. The smallest absolute Gasteiger partial charge is 0.234 e. The zero-order valence-corrected chi connectivity index (χ0v) is 14.4. The lowest BCUT2D eigenvalue weighted by atomic mass is 9.98. The first-order valence-electron chi connectivity index (χ1n) is 8.80. The van der Waals surface area contributed by atoms with E-state index in [9.17, 15) is 4.79 Å². The number of aryl methyl sites for hydroxylation is 1. The molecule has 1 saturated heterocycles. The van der Waals surface area contributed by atoms with Crippen LogP contribution >= 0.6 is 0 Å². The van der Waals surface area contributed by atoms with Crippen LogP contribution in [0.2, 0.25) is 0 Å². The van der Waals surface area contributed by atoms with Gasteiger partial charge in [-0.25, -0.2) is 0 Å². The van der Waals surface area contributed by atoms with Gasteiger partial charge >= 0.3 is 0 Å². The molecule has 2 heterocycles. The molecular formula is C19H27N3O2. The molecule has 1 aliphatic rings. The summed E-state index contributed by atoms with van der Waals surface area (Å²) in [5, 5.41) is 13.5. The summed E-state index contributed by atoms with van der Waals surface area (Å²) in [6.07, 6.45) is 4.97. The molecule has 0 saturated carbocycles. The third-order valence-electron chi connectivity index (χ3n) is 5.03. The Balaban J connectivity index is 1.45. The number of amides is 1. The number of carbonyl (C=O) groups is 1. The monoisotopic (exact) mass is 329 g/mol. The second-order valence-electron chi connectivity index (χ2n) is 6.78. The lowest BCUT2D eigenvalue weighted by molar-refractivity contribution is -0.122. The van der Waals surface area contributed by atoms with Crippen molar-refractivity contribution in [3.05, 3.63) is 36.0 Å². The summed E-state index contributed by atoms with van der Waals surface area (Å²) >= 11 is 0. The van der Waals surface area contributed by atoms with Crippen molar-refractivity contribution >= 4 is 16.8 Å². The molecule has 5 nitrogen and oxygen atoms in total. The third-order valence-corrected chi connectivity index (χ3v) is 5.03. The van der Waals surface area contributed by atoms with Gasteiger partial charge in [0.25, 0.3) is 0 Å². The molecule has 2 N–H and O–H groups in total.